The van der Waals surface area contributed by atoms with Gasteiger partial charge in [-0.1, -0.05) is 29.8 Å². The van der Waals surface area contributed by atoms with Crippen molar-refractivity contribution >= 4 is 29.4 Å². The molecular formula is C22H20N4O2. The van der Waals surface area contributed by atoms with Gasteiger partial charge >= 0.3 is 0 Å². The van der Waals surface area contributed by atoms with Gasteiger partial charge in [0.1, 0.15) is 0 Å². The first-order chi connectivity index (χ1) is 13.5. The average molecular weight is 372 g/mol. The fourth-order valence-electron chi connectivity index (χ4n) is 2.47. The lowest BCUT2D eigenvalue weighted by molar-refractivity contribution is 0.0954. The Balaban J connectivity index is 1.61. The molecule has 0 spiro atoms. The predicted molar refractivity (Wildman–Crippen MR) is 111 cm³/mol. The zero-order valence-corrected chi connectivity index (χ0v) is 15.3. The van der Waals surface area contributed by atoms with Crippen LogP contribution in [0, 0.1) is 6.92 Å². The Bertz CT molecular complexity index is 1010. The molecule has 0 fully saturated rings. The molecule has 3 aromatic carbocycles. The van der Waals surface area contributed by atoms with Crippen LogP contribution >= 0.6 is 0 Å². The molecule has 0 unspecified atom stereocenters. The topological polar surface area (TPSA) is 96.6 Å². The first kappa shape index (κ1) is 18.8. The van der Waals surface area contributed by atoms with E-state index in [1.54, 1.807) is 54.6 Å². The van der Waals surface area contributed by atoms with E-state index in [1.807, 2.05) is 25.1 Å². The second-order valence-electron chi connectivity index (χ2n) is 6.27. The van der Waals surface area contributed by atoms with E-state index < -0.39 is 0 Å². The summed E-state index contributed by atoms with van der Waals surface area (Å²) in [5.74, 6) is -0.522. The minimum Gasteiger partial charge on any atom is -0.399 e. The van der Waals surface area contributed by atoms with Gasteiger partial charge in [0, 0.05) is 22.5 Å². The number of anilines is 2. The van der Waals surface area contributed by atoms with Crippen molar-refractivity contribution in [3.05, 3.63) is 95.1 Å². The van der Waals surface area contributed by atoms with Gasteiger partial charge in [0.25, 0.3) is 11.8 Å². The molecule has 28 heavy (non-hydrogen) atoms. The van der Waals surface area contributed by atoms with Crippen molar-refractivity contribution in [1.29, 1.82) is 0 Å². The zero-order chi connectivity index (χ0) is 19.9. The number of rotatable bonds is 5. The number of hydrogen-bond acceptors (Lipinski definition) is 4. The summed E-state index contributed by atoms with van der Waals surface area (Å²) < 4.78 is 0. The summed E-state index contributed by atoms with van der Waals surface area (Å²) in [6.07, 6.45) is 1.51. The summed E-state index contributed by atoms with van der Waals surface area (Å²) in [4.78, 5) is 24.3. The lowest BCUT2D eigenvalue weighted by atomic mass is 10.1. The first-order valence-electron chi connectivity index (χ1n) is 8.68. The Morgan fingerprint density at radius 2 is 1.54 bits per heavy atom. The molecule has 0 aliphatic rings. The van der Waals surface area contributed by atoms with Crippen molar-refractivity contribution < 1.29 is 9.59 Å². The third-order valence-corrected chi connectivity index (χ3v) is 4.01. The van der Waals surface area contributed by atoms with Crippen molar-refractivity contribution in [2.45, 2.75) is 6.92 Å². The van der Waals surface area contributed by atoms with Crippen LogP contribution < -0.4 is 16.5 Å². The smallest absolute Gasteiger partial charge is 0.271 e. The minimum atomic E-state index is -0.333. The fourth-order valence-corrected chi connectivity index (χ4v) is 2.47. The van der Waals surface area contributed by atoms with E-state index in [9.17, 15) is 9.59 Å². The summed E-state index contributed by atoms with van der Waals surface area (Å²) in [6.45, 7) is 1.97. The molecule has 2 amide bonds. The molecule has 0 heterocycles. The van der Waals surface area contributed by atoms with Gasteiger partial charge in [-0.15, -0.1) is 0 Å². The summed E-state index contributed by atoms with van der Waals surface area (Å²) in [7, 11) is 0. The molecule has 3 aromatic rings. The van der Waals surface area contributed by atoms with Gasteiger partial charge in [0.2, 0.25) is 0 Å². The van der Waals surface area contributed by atoms with Gasteiger partial charge in [0.15, 0.2) is 0 Å². The fraction of sp³-hybridized carbons (Fsp3) is 0.0455. The van der Waals surface area contributed by atoms with Gasteiger partial charge in [-0.3, -0.25) is 9.59 Å². The van der Waals surface area contributed by atoms with E-state index in [1.165, 1.54) is 6.21 Å². The van der Waals surface area contributed by atoms with Crippen LogP contribution in [0.1, 0.15) is 31.8 Å². The van der Waals surface area contributed by atoms with E-state index in [-0.39, 0.29) is 11.8 Å². The van der Waals surface area contributed by atoms with Crippen LogP contribution in [0.4, 0.5) is 11.4 Å². The number of hydrogen-bond donors (Lipinski definition) is 3. The van der Waals surface area contributed by atoms with Crippen molar-refractivity contribution in [2.24, 2.45) is 5.10 Å². The Morgan fingerprint density at radius 1 is 0.893 bits per heavy atom. The maximum Gasteiger partial charge on any atom is 0.271 e. The maximum absolute atomic E-state index is 12.3. The van der Waals surface area contributed by atoms with Crippen LogP contribution in [0.2, 0.25) is 0 Å². The quantitative estimate of drug-likeness (QED) is 0.363. The number of amides is 2. The van der Waals surface area contributed by atoms with Crippen molar-refractivity contribution in [2.75, 3.05) is 11.1 Å². The molecule has 0 atom stereocenters. The normalized spacial score (nSPS) is 10.6. The van der Waals surface area contributed by atoms with Crippen LogP contribution in [-0.4, -0.2) is 18.0 Å². The van der Waals surface area contributed by atoms with Gasteiger partial charge < -0.3 is 11.1 Å². The molecule has 4 N–H and O–H groups in total. The summed E-state index contributed by atoms with van der Waals surface area (Å²) in [5.41, 5.74) is 12.2. The van der Waals surface area contributed by atoms with Gasteiger partial charge in [-0.05, 0) is 61.0 Å². The standard InChI is InChI=1S/C22H20N4O2/c1-15-5-7-17(8-6-15)21(27)25-20-4-2-3-16(13-20)14-24-26-22(28)18-9-11-19(23)12-10-18/h2-14H,23H2,1H3,(H,25,27)(H,26,28)/b24-14+. The molecule has 0 saturated carbocycles. The van der Waals surface area contributed by atoms with Gasteiger partial charge in [-0.2, -0.15) is 5.10 Å². The number of carbonyl (C=O) groups is 2. The first-order valence-corrected chi connectivity index (χ1v) is 8.68. The zero-order valence-electron chi connectivity index (χ0n) is 15.3. The molecule has 0 aromatic heterocycles. The molecule has 3 rings (SSSR count). The Kier molecular flexibility index (Phi) is 5.81. The lowest BCUT2D eigenvalue weighted by Crippen LogP contribution is -2.17. The van der Waals surface area contributed by atoms with E-state index in [0.29, 0.717) is 22.5 Å². The highest BCUT2D eigenvalue weighted by Crippen LogP contribution is 2.12. The van der Waals surface area contributed by atoms with Crippen molar-refractivity contribution in [3.63, 3.8) is 0 Å². The number of nitrogens with two attached hydrogens (primary N) is 1. The van der Waals surface area contributed by atoms with E-state index in [0.717, 1.165) is 11.1 Å². The number of nitrogens with zero attached hydrogens (tertiary/aromatic N) is 1. The largest absolute Gasteiger partial charge is 0.399 e. The van der Waals surface area contributed by atoms with E-state index in [4.69, 9.17) is 5.73 Å². The number of carbonyl (C=O) groups excluding carboxylic acids is 2. The highest BCUT2D eigenvalue weighted by atomic mass is 16.2. The molecule has 0 saturated heterocycles. The predicted octanol–water partition coefficient (Wildman–Crippen LogP) is 3.59. The number of benzene rings is 3. The molecule has 140 valence electrons. The van der Waals surface area contributed by atoms with Crippen LogP contribution in [0.3, 0.4) is 0 Å². The second kappa shape index (κ2) is 8.64. The second-order valence-corrected chi connectivity index (χ2v) is 6.27. The third-order valence-electron chi connectivity index (χ3n) is 4.01. The molecular weight excluding hydrogens is 352 g/mol. The van der Waals surface area contributed by atoms with E-state index >= 15 is 0 Å². The summed E-state index contributed by atoms with van der Waals surface area (Å²) in [6, 6.07) is 21.1. The molecule has 0 aliphatic carbocycles. The Labute approximate surface area is 163 Å². The Hall–Kier alpha value is -3.93. The molecule has 6 nitrogen and oxygen atoms in total. The Morgan fingerprint density at radius 3 is 2.25 bits per heavy atom. The van der Waals surface area contributed by atoms with Crippen molar-refractivity contribution in [1.82, 2.24) is 5.43 Å². The lowest BCUT2D eigenvalue weighted by Gasteiger charge is -2.06. The van der Waals surface area contributed by atoms with Crippen molar-refractivity contribution in [3.8, 4) is 0 Å². The third kappa shape index (κ3) is 5.04. The van der Waals surface area contributed by atoms with E-state index in [2.05, 4.69) is 15.8 Å². The van der Waals surface area contributed by atoms with Crippen LogP contribution in [0.5, 0.6) is 0 Å². The van der Waals surface area contributed by atoms with Gasteiger partial charge in [0.05, 0.1) is 6.21 Å². The monoisotopic (exact) mass is 372 g/mol. The summed E-state index contributed by atoms with van der Waals surface area (Å²) >= 11 is 0. The average Bonchev–Trinajstić information content (AvgIpc) is 2.69. The van der Waals surface area contributed by atoms with Gasteiger partial charge in [-0.25, -0.2) is 5.43 Å². The molecule has 0 aliphatic heterocycles. The van der Waals surface area contributed by atoms with Crippen LogP contribution in [0.15, 0.2) is 77.9 Å². The number of hydrazone groups is 1. The molecule has 6 heteroatoms. The SMILES string of the molecule is Cc1ccc(C(=O)Nc2cccc(/C=N/NC(=O)c3ccc(N)cc3)c2)cc1. The highest BCUT2D eigenvalue weighted by molar-refractivity contribution is 6.04. The minimum absolute atomic E-state index is 0.189. The molecule has 0 bridgehead atoms. The van der Waals surface area contributed by atoms with Crippen LogP contribution in [0.25, 0.3) is 0 Å². The number of aryl methyl sites for hydroxylation is 1. The van der Waals surface area contributed by atoms with Crippen LogP contribution in [-0.2, 0) is 0 Å². The number of nitrogen functional groups attached to an aromatic ring is 1. The molecule has 0 radical (unpaired) electrons. The highest BCUT2D eigenvalue weighted by Gasteiger charge is 2.06. The summed E-state index contributed by atoms with van der Waals surface area (Å²) in [5, 5.41) is 6.81. The number of nitrogens with one attached hydrogen (secondary N) is 2. The maximum atomic E-state index is 12.3.